The number of aliphatic hydroxyl groups excluding tert-OH is 1. The lowest BCUT2D eigenvalue weighted by Crippen LogP contribution is -2.30. The van der Waals surface area contributed by atoms with Crippen molar-refractivity contribution in [1.82, 2.24) is 0 Å². The van der Waals surface area contributed by atoms with Crippen molar-refractivity contribution in [2.75, 3.05) is 26.4 Å². The molecule has 0 aromatic rings. The number of esters is 2. The zero-order valence-electron chi connectivity index (χ0n) is 35.8. The van der Waals surface area contributed by atoms with Gasteiger partial charge in [-0.3, -0.25) is 28.0 Å². The van der Waals surface area contributed by atoms with E-state index < -0.39 is 66.2 Å². The number of rotatable bonds is 39. The quantitative estimate of drug-likeness (QED) is 0.0113. The van der Waals surface area contributed by atoms with E-state index in [1.54, 1.807) is 12.2 Å². The Kier molecular flexibility index (Phi) is 36.9. The molecule has 0 saturated heterocycles. The molecular weight excluding hydrogens is 814 g/mol. The number of ether oxygens (including phenoxy) is 2. The van der Waals surface area contributed by atoms with Crippen LogP contribution in [-0.4, -0.2) is 76.1 Å². The van der Waals surface area contributed by atoms with E-state index in [0.29, 0.717) is 25.7 Å². The maximum Gasteiger partial charge on any atom is 0.472 e. The molecule has 0 spiro atoms. The van der Waals surface area contributed by atoms with Crippen LogP contribution in [0.25, 0.3) is 0 Å². The third-order valence-electron chi connectivity index (χ3n) is 8.23. The number of phosphoric ester groups is 2. The van der Waals surface area contributed by atoms with Crippen molar-refractivity contribution < 1.29 is 66.3 Å². The van der Waals surface area contributed by atoms with Crippen molar-refractivity contribution in [3.63, 3.8) is 0 Å². The fourth-order valence-corrected chi connectivity index (χ4v) is 6.17. The van der Waals surface area contributed by atoms with Gasteiger partial charge in [0.25, 0.3) is 0 Å². The molecule has 1 unspecified atom stereocenters. The summed E-state index contributed by atoms with van der Waals surface area (Å²) in [6.07, 6.45) is 40.0. The summed E-state index contributed by atoms with van der Waals surface area (Å²) >= 11 is 0. The fraction of sp³-hybridized carbons (Fsp3) is 0.614. The minimum Gasteiger partial charge on any atom is -0.462 e. The molecule has 0 bridgehead atoms. The molecule has 16 heteroatoms. The van der Waals surface area contributed by atoms with Crippen LogP contribution in [0.5, 0.6) is 0 Å². The molecule has 0 saturated carbocycles. The molecule has 342 valence electrons. The van der Waals surface area contributed by atoms with Crippen LogP contribution >= 0.6 is 15.6 Å². The number of aliphatic hydroxyl groups is 1. The van der Waals surface area contributed by atoms with E-state index in [1.165, 1.54) is 0 Å². The molecule has 0 rings (SSSR count). The summed E-state index contributed by atoms with van der Waals surface area (Å²) in [5.74, 6) is -1.02. The Labute approximate surface area is 358 Å². The third-order valence-corrected chi connectivity index (χ3v) is 9.67. The molecule has 14 nitrogen and oxygen atoms in total. The number of ketones is 1. The Morgan fingerprint density at radius 1 is 0.550 bits per heavy atom. The largest absolute Gasteiger partial charge is 0.472 e. The summed E-state index contributed by atoms with van der Waals surface area (Å²) in [6.45, 7) is 1.36. The lowest BCUT2D eigenvalue weighted by molar-refractivity contribution is -0.161. The van der Waals surface area contributed by atoms with Gasteiger partial charge in [-0.25, -0.2) is 9.13 Å². The smallest absolute Gasteiger partial charge is 0.462 e. The summed E-state index contributed by atoms with van der Waals surface area (Å²) in [4.78, 5) is 64.3. The highest BCUT2D eigenvalue weighted by atomic mass is 31.2. The van der Waals surface area contributed by atoms with Gasteiger partial charge in [0.1, 0.15) is 12.7 Å². The highest BCUT2D eigenvalue weighted by molar-refractivity contribution is 7.47. The van der Waals surface area contributed by atoms with E-state index in [-0.39, 0.29) is 18.6 Å². The maximum absolute atomic E-state index is 12.6. The van der Waals surface area contributed by atoms with Crippen molar-refractivity contribution >= 4 is 33.4 Å². The van der Waals surface area contributed by atoms with Crippen LogP contribution in [0.1, 0.15) is 136 Å². The van der Waals surface area contributed by atoms with Crippen molar-refractivity contribution in [3.8, 4) is 0 Å². The second-order valence-electron chi connectivity index (χ2n) is 13.9. The molecule has 0 aromatic carbocycles. The highest BCUT2D eigenvalue weighted by Crippen LogP contribution is 2.43. The number of unbranched alkanes of at least 4 members (excludes halogenated alkanes) is 8. The van der Waals surface area contributed by atoms with Crippen LogP contribution < -0.4 is 0 Å². The zero-order valence-corrected chi connectivity index (χ0v) is 37.6. The summed E-state index contributed by atoms with van der Waals surface area (Å²) < 4.78 is 47.6. The van der Waals surface area contributed by atoms with Gasteiger partial charge in [-0.15, -0.1) is 0 Å². The lowest BCUT2D eigenvalue weighted by atomic mass is 10.1. The molecule has 3 atom stereocenters. The summed E-state index contributed by atoms with van der Waals surface area (Å²) in [5.41, 5.74) is 0. The molecule has 0 heterocycles. The van der Waals surface area contributed by atoms with Gasteiger partial charge in [-0.2, -0.15) is 0 Å². The van der Waals surface area contributed by atoms with Crippen LogP contribution in [-0.2, 0) is 46.6 Å². The predicted octanol–water partition coefficient (Wildman–Crippen LogP) is 9.96. The van der Waals surface area contributed by atoms with Crippen molar-refractivity contribution in [3.05, 3.63) is 85.1 Å². The van der Waals surface area contributed by atoms with Crippen molar-refractivity contribution in [1.29, 1.82) is 0 Å². The zero-order chi connectivity index (χ0) is 44.6. The Bertz CT molecular complexity index is 1440. The van der Waals surface area contributed by atoms with Gasteiger partial charge in [-0.1, -0.05) is 125 Å². The SMILES string of the molecule is CC/C=C\C/C=C\C/C=C\CCCCCCCC(=O)O[C@H](COC(=O)CCC/C=C\C/C=C\C/C=C\C=C\C(=O)CCCCC)COP(=O)(O)OC[C@@H](O)COP(=O)(O)O. The van der Waals surface area contributed by atoms with Crippen LogP contribution in [0.2, 0.25) is 0 Å². The molecule has 0 amide bonds. The van der Waals surface area contributed by atoms with Gasteiger partial charge in [0, 0.05) is 19.3 Å². The second-order valence-corrected chi connectivity index (χ2v) is 16.6. The number of carbonyl (C=O) groups is 3. The molecule has 0 aliphatic carbocycles. The van der Waals surface area contributed by atoms with Crippen molar-refractivity contribution in [2.45, 2.75) is 148 Å². The molecule has 0 fully saturated rings. The third kappa shape index (κ3) is 41.7. The van der Waals surface area contributed by atoms with E-state index in [2.05, 4.69) is 59.4 Å². The number of carbonyl (C=O) groups excluding carboxylic acids is 3. The first kappa shape index (κ1) is 57.0. The Morgan fingerprint density at radius 3 is 1.73 bits per heavy atom. The number of allylic oxidation sites excluding steroid dienone is 14. The van der Waals surface area contributed by atoms with Gasteiger partial charge in [0.15, 0.2) is 11.9 Å². The summed E-state index contributed by atoms with van der Waals surface area (Å²) in [6, 6.07) is 0. The van der Waals surface area contributed by atoms with Crippen LogP contribution in [0.4, 0.5) is 0 Å². The van der Waals surface area contributed by atoms with E-state index in [4.69, 9.17) is 23.8 Å². The first-order valence-electron chi connectivity index (χ1n) is 21.2. The van der Waals surface area contributed by atoms with Crippen LogP contribution in [0.15, 0.2) is 85.1 Å². The first-order chi connectivity index (χ1) is 28.8. The summed E-state index contributed by atoms with van der Waals surface area (Å²) in [7, 11) is -9.72. The number of hydrogen-bond acceptors (Lipinski definition) is 11. The first-order valence-corrected chi connectivity index (χ1v) is 24.3. The van der Waals surface area contributed by atoms with E-state index in [0.717, 1.165) is 83.5 Å². The minimum atomic E-state index is -4.88. The standard InChI is InChI=1S/C44H72O14P2/c1-3-5-7-8-9-10-11-12-13-14-17-21-24-27-31-35-44(48)58-42(39-57-60(52,53)56-37-41(46)36-55-59(49,50)51)38-54-43(47)34-30-26-23-20-18-15-16-19-22-25-29-33-40(45)32-28-6-4-2/h5,7,9-10,12-13,15-16,20,22-23,25,29,33,41-42,46H,3-4,6,8,11,14,17-19,21,24,26-28,30-32,34-39H2,1-2H3,(H,52,53)(H2,49,50,51)/b7-5-,10-9-,13-12-,16-15-,23-20-,25-22-,33-29+/t41-,42+/m0/s1. The predicted molar refractivity (Wildman–Crippen MR) is 235 cm³/mol. The average molecular weight is 887 g/mol. The minimum absolute atomic E-state index is 0.0835. The fourth-order valence-electron chi connectivity index (χ4n) is 5.01. The normalized spacial score (nSPS) is 14.8. The Morgan fingerprint density at radius 2 is 1.08 bits per heavy atom. The molecule has 0 aromatic heterocycles. The molecule has 0 radical (unpaired) electrons. The highest BCUT2D eigenvalue weighted by Gasteiger charge is 2.28. The van der Waals surface area contributed by atoms with Crippen LogP contribution in [0.3, 0.4) is 0 Å². The molecule has 60 heavy (non-hydrogen) atoms. The average Bonchev–Trinajstić information content (AvgIpc) is 3.20. The number of phosphoric acid groups is 2. The molecule has 4 N–H and O–H groups in total. The molecular formula is C44H72O14P2. The van der Waals surface area contributed by atoms with E-state index >= 15 is 0 Å². The monoisotopic (exact) mass is 886 g/mol. The Hall–Kier alpha value is -3.03. The number of hydrogen-bond donors (Lipinski definition) is 4. The van der Waals surface area contributed by atoms with Gasteiger partial charge in [-0.05, 0) is 76.7 Å². The lowest BCUT2D eigenvalue weighted by Gasteiger charge is -2.20. The topological polar surface area (TPSA) is 212 Å². The summed E-state index contributed by atoms with van der Waals surface area (Å²) in [5, 5.41) is 9.74. The molecule has 0 aliphatic heterocycles. The van der Waals surface area contributed by atoms with Gasteiger partial charge >= 0.3 is 27.6 Å². The maximum atomic E-state index is 12.6. The van der Waals surface area contributed by atoms with Gasteiger partial charge in [0.2, 0.25) is 0 Å². The Balaban J connectivity index is 4.70. The van der Waals surface area contributed by atoms with E-state index in [1.807, 2.05) is 36.5 Å². The van der Waals surface area contributed by atoms with Crippen molar-refractivity contribution in [2.24, 2.45) is 0 Å². The van der Waals surface area contributed by atoms with E-state index in [9.17, 15) is 33.5 Å². The molecule has 0 aliphatic rings. The van der Waals surface area contributed by atoms with Gasteiger partial charge in [0.05, 0.1) is 19.8 Å². The van der Waals surface area contributed by atoms with Crippen LogP contribution in [0, 0.1) is 0 Å². The van der Waals surface area contributed by atoms with Gasteiger partial charge < -0.3 is 29.3 Å². The second kappa shape index (κ2) is 38.9.